The molecule has 0 aliphatic heterocycles. The smallest absolute Gasteiger partial charge is 0.323 e. The number of nitrogens with one attached hydrogen (secondary N) is 2. The predicted molar refractivity (Wildman–Crippen MR) is 80.2 cm³/mol. The van der Waals surface area contributed by atoms with Crippen molar-refractivity contribution in [1.29, 1.82) is 0 Å². The maximum absolute atomic E-state index is 5.53. The van der Waals surface area contributed by atoms with E-state index in [1.54, 1.807) is 0 Å². The summed E-state index contributed by atoms with van der Waals surface area (Å²) in [5, 5.41) is 6.52. The van der Waals surface area contributed by atoms with Gasteiger partial charge in [-0.3, -0.25) is 0 Å². The highest BCUT2D eigenvalue weighted by Gasteiger charge is 2.22. The maximum atomic E-state index is 5.53. The van der Waals surface area contributed by atoms with Crippen molar-refractivity contribution in [2.24, 2.45) is 5.92 Å². The first-order valence-corrected chi connectivity index (χ1v) is 7.60. The second kappa shape index (κ2) is 7.26. The number of hydrogen-bond acceptors (Lipinski definition) is 6. The van der Waals surface area contributed by atoms with Crippen molar-refractivity contribution in [2.75, 3.05) is 23.8 Å². The highest BCUT2D eigenvalue weighted by molar-refractivity contribution is 5.36. The Hall–Kier alpha value is -1.59. The number of aromatic nitrogens is 3. The summed E-state index contributed by atoms with van der Waals surface area (Å²) in [7, 11) is 0. The molecular formula is C14H25N5O. The van der Waals surface area contributed by atoms with Crippen LogP contribution in [0.15, 0.2) is 0 Å². The largest absolute Gasteiger partial charge is 0.463 e. The second-order valence-corrected chi connectivity index (χ2v) is 5.40. The Bertz CT molecular complexity index is 426. The summed E-state index contributed by atoms with van der Waals surface area (Å²) in [5.74, 6) is 1.96. The summed E-state index contributed by atoms with van der Waals surface area (Å²) >= 11 is 0. The third-order valence-corrected chi connectivity index (χ3v) is 3.41. The van der Waals surface area contributed by atoms with Crippen molar-refractivity contribution in [1.82, 2.24) is 15.0 Å². The first-order chi connectivity index (χ1) is 9.71. The van der Waals surface area contributed by atoms with E-state index in [0.29, 0.717) is 30.6 Å². The monoisotopic (exact) mass is 279 g/mol. The number of nitrogens with zero attached hydrogens (tertiary/aromatic N) is 3. The van der Waals surface area contributed by atoms with Gasteiger partial charge >= 0.3 is 6.01 Å². The van der Waals surface area contributed by atoms with E-state index in [1.807, 2.05) is 6.92 Å². The maximum Gasteiger partial charge on any atom is 0.323 e. The topological polar surface area (TPSA) is 72.0 Å². The zero-order chi connectivity index (χ0) is 14.4. The summed E-state index contributed by atoms with van der Waals surface area (Å²) in [5.41, 5.74) is 0. The van der Waals surface area contributed by atoms with Gasteiger partial charge in [-0.2, -0.15) is 15.0 Å². The second-order valence-electron chi connectivity index (χ2n) is 5.40. The van der Waals surface area contributed by atoms with Crippen LogP contribution in [-0.2, 0) is 0 Å². The lowest BCUT2D eigenvalue weighted by atomic mass is 10.1. The molecule has 0 radical (unpaired) electrons. The molecule has 1 aromatic heterocycles. The van der Waals surface area contributed by atoms with Gasteiger partial charge in [0.15, 0.2) is 0 Å². The van der Waals surface area contributed by atoms with Crippen LogP contribution in [0.3, 0.4) is 0 Å². The molecule has 1 heterocycles. The standard InChI is InChI=1S/C14H25N5O/c1-4-8-20-14-18-12(15-5-2)17-13(19-14)16-11-7-6-10(3)9-11/h10-11H,4-9H2,1-3H3,(H2,15,16,17,18,19). The molecule has 0 amide bonds. The lowest BCUT2D eigenvalue weighted by molar-refractivity contribution is 0.292. The Balaban J connectivity index is 2.07. The van der Waals surface area contributed by atoms with Gasteiger partial charge in [-0.25, -0.2) is 0 Å². The molecule has 20 heavy (non-hydrogen) atoms. The summed E-state index contributed by atoms with van der Waals surface area (Å²) < 4.78 is 5.53. The fourth-order valence-corrected chi connectivity index (χ4v) is 2.44. The van der Waals surface area contributed by atoms with Crippen LogP contribution in [0.4, 0.5) is 11.9 Å². The zero-order valence-corrected chi connectivity index (χ0v) is 12.6. The van der Waals surface area contributed by atoms with Gasteiger partial charge in [0, 0.05) is 12.6 Å². The van der Waals surface area contributed by atoms with Crippen molar-refractivity contribution < 1.29 is 4.74 Å². The van der Waals surface area contributed by atoms with E-state index >= 15 is 0 Å². The Morgan fingerprint density at radius 1 is 1.15 bits per heavy atom. The van der Waals surface area contributed by atoms with Gasteiger partial charge in [0.1, 0.15) is 0 Å². The van der Waals surface area contributed by atoms with Gasteiger partial charge in [-0.15, -0.1) is 0 Å². The Labute approximate surface area is 120 Å². The summed E-state index contributed by atoms with van der Waals surface area (Å²) in [6.07, 6.45) is 4.55. The molecule has 1 fully saturated rings. The van der Waals surface area contributed by atoms with Crippen molar-refractivity contribution in [3.05, 3.63) is 0 Å². The average molecular weight is 279 g/mol. The van der Waals surface area contributed by atoms with E-state index in [1.165, 1.54) is 19.3 Å². The van der Waals surface area contributed by atoms with E-state index < -0.39 is 0 Å². The van der Waals surface area contributed by atoms with Gasteiger partial charge in [0.25, 0.3) is 0 Å². The molecule has 2 unspecified atom stereocenters. The van der Waals surface area contributed by atoms with Crippen LogP contribution in [0.5, 0.6) is 6.01 Å². The van der Waals surface area contributed by atoms with Crippen LogP contribution < -0.4 is 15.4 Å². The van der Waals surface area contributed by atoms with Crippen LogP contribution in [0.1, 0.15) is 46.5 Å². The molecule has 2 rings (SSSR count). The molecule has 0 spiro atoms. The predicted octanol–water partition coefficient (Wildman–Crippen LogP) is 2.69. The quantitative estimate of drug-likeness (QED) is 0.799. The molecule has 6 nitrogen and oxygen atoms in total. The summed E-state index contributed by atoms with van der Waals surface area (Å²) in [4.78, 5) is 13.0. The minimum Gasteiger partial charge on any atom is -0.463 e. The normalized spacial score (nSPS) is 21.8. The SMILES string of the molecule is CCCOc1nc(NCC)nc(NC2CCC(C)C2)n1. The van der Waals surface area contributed by atoms with Gasteiger partial charge in [0.2, 0.25) is 11.9 Å². The summed E-state index contributed by atoms with van der Waals surface area (Å²) in [6.45, 7) is 7.76. The van der Waals surface area contributed by atoms with E-state index in [4.69, 9.17) is 4.74 Å². The van der Waals surface area contributed by atoms with Crippen molar-refractivity contribution in [2.45, 2.75) is 52.5 Å². The van der Waals surface area contributed by atoms with Crippen molar-refractivity contribution >= 4 is 11.9 Å². The van der Waals surface area contributed by atoms with E-state index in [9.17, 15) is 0 Å². The van der Waals surface area contributed by atoms with Crippen LogP contribution >= 0.6 is 0 Å². The van der Waals surface area contributed by atoms with Crippen LogP contribution in [0.25, 0.3) is 0 Å². The average Bonchev–Trinajstić information content (AvgIpc) is 2.82. The number of anilines is 2. The van der Waals surface area contributed by atoms with E-state index in [2.05, 4.69) is 39.4 Å². The number of ether oxygens (including phenoxy) is 1. The first-order valence-electron chi connectivity index (χ1n) is 7.60. The van der Waals surface area contributed by atoms with Crippen LogP contribution in [0.2, 0.25) is 0 Å². The lowest BCUT2D eigenvalue weighted by Gasteiger charge is -2.14. The van der Waals surface area contributed by atoms with Gasteiger partial charge < -0.3 is 15.4 Å². The van der Waals surface area contributed by atoms with E-state index in [-0.39, 0.29) is 0 Å². The molecule has 2 N–H and O–H groups in total. The molecular weight excluding hydrogens is 254 g/mol. The third kappa shape index (κ3) is 4.21. The molecule has 6 heteroatoms. The molecule has 1 aliphatic carbocycles. The summed E-state index contributed by atoms with van der Waals surface area (Å²) in [6, 6.07) is 0.854. The van der Waals surface area contributed by atoms with Crippen molar-refractivity contribution in [3.8, 4) is 6.01 Å². The molecule has 1 saturated carbocycles. The highest BCUT2D eigenvalue weighted by atomic mass is 16.5. The number of rotatable bonds is 7. The van der Waals surface area contributed by atoms with Crippen molar-refractivity contribution in [3.63, 3.8) is 0 Å². The zero-order valence-electron chi connectivity index (χ0n) is 12.6. The van der Waals surface area contributed by atoms with E-state index in [0.717, 1.165) is 18.9 Å². The molecule has 1 aromatic rings. The third-order valence-electron chi connectivity index (χ3n) is 3.41. The Morgan fingerprint density at radius 3 is 2.60 bits per heavy atom. The first kappa shape index (κ1) is 14.8. The molecule has 112 valence electrons. The van der Waals surface area contributed by atoms with Gasteiger partial charge in [-0.05, 0) is 38.5 Å². The van der Waals surface area contributed by atoms with Crippen LogP contribution in [0, 0.1) is 5.92 Å². The fraction of sp³-hybridized carbons (Fsp3) is 0.786. The Kier molecular flexibility index (Phi) is 5.38. The molecule has 0 aromatic carbocycles. The Morgan fingerprint density at radius 2 is 1.95 bits per heavy atom. The lowest BCUT2D eigenvalue weighted by Crippen LogP contribution is -2.19. The van der Waals surface area contributed by atoms with Gasteiger partial charge in [-0.1, -0.05) is 13.8 Å². The highest BCUT2D eigenvalue weighted by Crippen LogP contribution is 2.27. The molecule has 1 aliphatic rings. The minimum atomic E-state index is 0.395. The van der Waals surface area contributed by atoms with Gasteiger partial charge in [0.05, 0.1) is 6.61 Å². The molecule has 2 atom stereocenters. The number of hydrogen-bond donors (Lipinski definition) is 2. The minimum absolute atomic E-state index is 0.395. The molecule has 0 saturated heterocycles. The van der Waals surface area contributed by atoms with Crippen LogP contribution in [-0.4, -0.2) is 34.1 Å². The molecule has 0 bridgehead atoms. The fourth-order valence-electron chi connectivity index (χ4n) is 2.44.